The Labute approximate surface area is 112 Å². The van der Waals surface area contributed by atoms with Crippen LogP contribution in [0.3, 0.4) is 0 Å². The van der Waals surface area contributed by atoms with Crippen molar-refractivity contribution in [2.24, 2.45) is 0 Å². The molecule has 104 valence electrons. The molecule has 0 aliphatic heterocycles. The zero-order valence-electron chi connectivity index (χ0n) is 10.7. The summed E-state index contributed by atoms with van der Waals surface area (Å²) in [6.45, 7) is 0.719. The molecule has 0 saturated heterocycles. The average Bonchev–Trinajstić information content (AvgIpc) is 3.07. The van der Waals surface area contributed by atoms with E-state index in [1.54, 1.807) is 13.1 Å². The second-order valence-electron chi connectivity index (χ2n) is 4.31. The molecule has 20 heavy (non-hydrogen) atoms. The molecule has 0 aromatic carbocycles. The van der Waals surface area contributed by atoms with Gasteiger partial charge in [0.15, 0.2) is 11.6 Å². The van der Waals surface area contributed by atoms with Crippen molar-refractivity contribution in [3.05, 3.63) is 23.7 Å². The molecule has 0 saturated carbocycles. The minimum absolute atomic E-state index is 0.322. The Hall–Kier alpha value is -2.58. The Bertz CT molecular complexity index is 740. The molecule has 3 heterocycles. The summed E-state index contributed by atoms with van der Waals surface area (Å²) >= 11 is 0. The minimum atomic E-state index is -2.68. The molecule has 3 aromatic heterocycles. The first-order valence-corrected chi connectivity index (χ1v) is 5.83. The van der Waals surface area contributed by atoms with E-state index in [0.29, 0.717) is 27.7 Å². The lowest BCUT2D eigenvalue weighted by Crippen LogP contribution is -2.02. The van der Waals surface area contributed by atoms with Gasteiger partial charge < -0.3 is 0 Å². The second-order valence-corrected chi connectivity index (χ2v) is 4.31. The third-order valence-electron chi connectivity index (χ3n) is 2.91. The van der Waals surface area contributed by atoms with Gasteiger partial charge in [-0.2, -0.15) is 24.1 Å². The van der Waals surface area contributed by atoms with Gasteiger partial charge in [0.25, 0.3) is 0 Å². The van der Waals surface area contributed by atoms with Gasteiger partial charge in [-0.15, -0.1) is 0 Å². The summed E-state index contributed by atoms with van der Waals surface area (Å²) in [5.41, 5.74) is 2.25. The highest BCUT2D eigenvalue weighted by atomic mass is 19.3. The third kappa shape index (κ3) is 1.96. The Morgan fingerprint density at radius 1 is 1.25 bits per heavy atom. The van der Waals surface area contributed by atoms with Crippen molar-refractivity contribution in [3.8, 4) is 22.9 Å². The van der Waals surface area contributed by atoms with Gasteiger partial charge in [0.1, 0.15) is 5.69 Å². The lowest BCUT2D eigenvalue weighted by molar-refractivity contribution is 0.0546. The van der Waals surface area contributed by atoms with Gasteiger partial charge in [-0.25, -0.2) is 9.67 Å². The molecule has 7 nitrogen and oxygen atoms in total. The van der Waals surface area contributed by atoms with Crippen molar-refractivity contribution >= 4 is 0 Å². The predicted molar refractivity (Wildman–Crippen MR) is 65.9 cm³/mol. The smallest absolute Gasteiger partial charge is 0.282 e. The van der Waals surface area contributed by atoms with Gasteiger partial charge in [-0.05, 0) is 19.9 Å². The van der Waals surface area contributed by atoms with Crippen LogP contribution in [0.2, 0.25) is 0 Å². The molecule has 9 heteroatoms. The number of halogens is 2. The number of nitrogens with one attached hydrogen (secondary N) is 2. The molecule has 0 fully saturated rings. The van der Waals surface area contributed by atoms with Crippen LogP contribution in [0, 0.1) is 13.8 Å². The number of alkyl halides is 2. The van der Waals surface area contributed by atoms with Crippen molar-refractivity contribution in [3.63, 3.8) is 0 Å². The van der Waals surface area contributed by atoms with Crippen LogP contribution in [-0.2, 0) is 0 Å². The van der Waals surface area contributed by atoms with Crippen molar-refractivity contribution in [1.82, 2.24) is 35.2 Å². The molecule has 0 aliphatic rings. The minimum Gasteiger partial charge on any atom is -0.282 e. The van der Waals surface area contributed by atoms with E-state index in [2.05, 4.69) is 30.5 Å². The average molecular weight is 279 g/mol. The van der Waals surface area contributed by atoms with E-state index in [0.717, 1.165) is 11.3 Å². The molecular formula is C11H11F2N7. The van der Waals surface area contributed by atoms with E-state index in [9.17, 15) is 8.78 Å². The predicted octanol–water partition coefficient (Wildman–Crippen LogP) is 2.07. The quantitative estimate of drug-likeness (QED) is 0.768. The van der Waals surface area contributed by atoms with E-state index >= 15 is 0 Å². The number of hydrogen-bond donors (Lipinski definition) is 2. The Kier molecular flexibility index (Phi) is 2.81. The SMILES string of the molecule is Cc1[nH]ncc1-c1n[nH]c(-c2cc(C)n(C(F)F)n2)n1. The second kappa shape index (κ2) is 4.51. The van der Waals surface area contributed by atoms with Crippen LogP contribution < -0.4 is 0 Å². The van der Waals surface area contributed by atoms with E-state index in [1.165, 1.54) is 6.07 Å². The summed E-state index contributed by atoms with van der Waals surface area (Å²) in [5.74, 6) is 0.776. The maximum atomic E-state index is 12.7. The molecule has 0 radical (unpaired) electrons. The molecule has 0 spiro atoms. The van der Waals surface area contributed by atoms with Crippen LogP contribution in [0.1, 0.15) is 17.9 Å². The van der Waals surface area contributed by atoms with Crippen LogP contribution in [0.4, 0.5) is 8.78 Å². The summed E-state index contributed by atoms with van der Waals surface area (Å²) in [6.07, 6.45) is 1.60. The zero-order chi connectivity index (χ0) is 14.3. The lowest BCUT2D eigenvalue weighted by atomic mass is 10.2. The van der Waals surface area contributed by atoms with E-state index in [1.807, 2.05) is 6.92 Å². The normalized spacial score (nSPS) is 11.4. The maximum absolute atomic E-state index is 12.7. The standard InChI is InChI=1S/C11H11F2N7/c1-5-3-8(19-20(5)11(12)13)10-15-9(17-18-10)7-4-14-16-6(7)2/h3-4,11H,1-2H3,(H,14,16)(H,15,17,18). The molecule has 2 N–H and O–H groups in total. The van der Waals surface area contributed by atoms with Gasteiger partial charge in [0.05, 0.1) is 11.8 Å². The number of aryl methyl sites for hydroxylation is 2. The molecule has 0 atom stereocenters. The van der Waals surface area contributed by atoms with Gasteiger partial charge >= 0.3 is 6.55 Å². The molecule has 0 amide bonds. The molecular weight excluding hydrogens is 268 g/mol. The first-order chi connectivity index (χ1) is 9.56. The fraction of sp³-hybridized carbons (Fsp3) is 0.273. The summed E-state index contributed by atoms with van der Waals surface area (Å²) < 4.78 is 26.0. The van der Waals surface area contributed by atoms with Gasteiger partial charge in [0.2, 0.25) is 0 Å². The third-order valence-corrected chi connectivity index (χ3v) is 2.91. The number of H-pyrrole nitrogens is 2. The maximum Gasteiger partial charge on any atom is 0.333 e. The number of aromatic amines is 2. The summed E-state index contributed by atoms with van der Waals surface area (Å²) in [5, 5.41) is 17.2. The van der Waals surface area contributed by atoms with Gasteiger partial charge in [0, 0.05) is 11.4 Å². The van der Waals surface area contributed by atoms with Crippen molar-refractivity contribution in [1.29, 1.82) is 0 Å². The molecule has 0 aliphatic carbocycles. The largest absolute Gasteiger partial charge is 0.333 e. The van der Waals surface area contributed by atoms with Crippen LogP contribution in [0.25, 0.3) is 22.9 Å². The monoisotopic (exact) mass is 279 g/mol. The topological polar surface area (TPSA) is 88.1 Å². The lowest BCUT2D eigenvalue weighted by Gasteiger charge is -1.99. The number of hydrogen-bond acceptors (Lipinski definition) is 4. The summed E-state index contributed by atoms with van der Waals surface area (Å²) in [7, 11) is 0. The summed E-state index contributed by atoms with van der Waals surface area (Å²) in [6, 6.07) is 1.53. The van der Waals surface area contributed by atoms with Crippen LogP contribution in [0.5, 0.6) is 0 Å². The van der Waals surface area contributed by atoms with Crippen LogP contribution in [0.15, 0.2) is 12.3 Å². The van der Waals surface area contributed by atoms with Crippen LogP contribution >= 0.6 is 0 Å². The van der Waals surface area contributed by atoms with Crippen molar-refractivity contribution < 1.29 is 8.78 Å². The van der Waals surface area contributed by atoms with Gasteiger partial charge in [-0.3, -0.25) is 10.2 Å². The number of aromatic nitrogens is 7. The highest BCUT2D eigenvalue weighted by Crippen LogP contribution is 2.22. The van der Waals surface area contributed by atoms with Crippen LogP contribution in [-0.4, -0.2) is 35.2 Å². The Balaban J connectivity index is 1.98. The fourth-order valence-corrected chi connectivity index (χ4v) is 1.87. The molecule has 3 rings (SSSR count). The van der Waals surface area contributed by atoms with E-state index in [4.69, 9.17) is 0 Å². The number of rotatable bonds is 3. The number of nitrogens with zero attached hydrogens (tertiary/aromatic N) is 5. The van der Waals surface area contributed by atoms with E-state index in [-0.39, 0.29) is 0 Å². The Morgan fingerprint density at radius 3 is 2.65 bits per heavy atom. The molecule has 3 aromatic rings. The van der Waals surface area contributed by atoms with Crippen molar-refractivity contribution in [2.75, 3.05) is 0 Å². The highest BCUT2D eigenvalue weighted by molar-refractivity contribution is 5.60. The first-order valence-electron chi connectivity index (χ1n) is 5.83. The van der Waals surface area contributed by atoms with E-state index < -0.39 is 6.55 Å². The highest BCUT2D eigenvalue weighted by Gasteiger charge is 2.17. The summed E-state index contributed by atoms with van der Waals surface area (Å²) in [4.78, 5) is 4.25. The molecule has 0 bridgehead atoms. The first kappa shape index (κ1) is 12.5. The zero-order valence-corrected chi connectivity index (χ0v) is 10.7. The molecule has 0 unspecified atom stereocenters. The van der Waals surface area contributed by atoms with Gasteiger partial charge in [-0.1, -0.05) is 0 Å². The Morgan fingerprint density at radius 2 is 2.05 bits per heavy atom. The fourth-order valence-electron chi connectivity index (χ4n) is 1.87. The van der Waals surface area contributed by atoms with Crippen molar-refractivity contribution in [2.45, 2.75) is 20.4 Å².